The highest BCUT2D eigenvalue weighted by molar-refractivity contribution is 7.15. The highest BCUT2D eigenvalue weighted by Crippen LogP contribution is 2.23. The zero-order valence-corrected chi connectivity index (χ0v) is 12.4. The van der Waals surface area contributed by atoms with Crippen LogP contribution in [0.2, 0.25) is 0 Å². The zero-order valence-electron chi connectivity index (χ0n) is 10.8. The van der Waals surface area contributed by atoms with Crippen molar-refractivity contribution in [2.24, 2.45) is 5.92 Å². The molecular weight excluding hydrogens is 270 g/mol. The second-order valence-electron chi connectivity index (χ2n) is 4.49. The van der Waals surface area contributed by atoms with E-state index in [9.17, 15) is 4.79 Å². The second kappa shape index (κ2) is 7.07. The van der Waals surface area contributed by atoms with E-state index in [1.807, 2.05) is 6.92 Å². The molecule has 0 saturated carbocycles. The number of carbonyl (C=O) groups excluding carboxylic acids is 1. The molecule has 4 nitrogen and oxygen atoms in total. The standard InChI is InChI=1S/C12H19N3OS.ClH/c1-3-10-8(2)17-12(14-10)15-11(16)6-9-4-5-13-7-9;/h9,13H,3-7H2,1-2H3,(H,14,15,16);1H. The van der Waals surface area contributed by atoms with Crippen LogP contribution in [0, 0.1) is 12.8 Å². The maximum Gasteiger partial charge on any atom is 0.226 e. The molecule has 1 aromatic heterocycles. The van der Waals surface area contributed by atoms with Crippen LogP contribution in [0.3, 0.4) is 0 Å². The van der Waals surface area contributed by atoms with E-state index in [-0.39, 0.29) is 18.3 Å². The Morgan fingerprint density at radius 2 is 2.39 bits per heavy atom. The lowest BCUT2D eigenvalue weighted by Crippen LogP contribution is -2.18. The predicted octanol–water partition coefficient (Wildman–Crippen LogP) is 2.37. The Balaban J connectivity index is 0.00000162. The van der Waals surface area contributed by atoms with Crippen molar-refractivity contribution in [3.63, 3.8) is 0 Å². The third kappa shape index (κ3) is 3.93. The van der Waals surface area contributed by atoms with E-state index in [2.05, 4.69) is 22.5 Å². The maximum atomic E-state index is 11.8. The van der Waals surface area contributed by atoms with Crippen LogP contribution >= 0.6 is 23.7 Å². The molecule has 18 heavy (non-hydrogen) atoms. The largest absolute Gasteiger partial charge is 0.316 e. The molecule has 1 fully saturated rings. The van der Waals surface area contributed by atoms with Crippen LogP contribution in [0.1, 0.15) is 30.3 Å². The molecule has 0 spiro atoms. The van der Waals surface area contributed by atoms with Gasteiger partial charge in [0.15, 0.2) is 5.13 Å². The zero-order chi connectivity index (χ0) is 12.3. The SMILES string of the molecule is CCc1nc(NC(=O)CC2CCNC2)sc1C.Cl. The van der Waals surface area contributed by atoms with Gasteiger partial charge >= 0.3 is 0 Å². The third-order valence-electron chi connectivity index (χ3n) is 3.11. The number of rotatable bonds is 4. The van der Waals surface area contributed by atoms with Crippen molar-refractivity contribution in [2.75, 3.05) is 18.4 Å². The summed E-state index contributed by atoms with van der Waals surface area (Å²) in [5, 5.41) is 6.92. The van der Waals surface area contributed by atoms with Gasteiger partial charge in [-0.1, -0.05) is 6.92 Å². The Morgan fingerprint density at radius 1 is 1.61 bits per heavy atom. The summed E-state index contributed by atoms with van der Waals surface area (Å²) in [4.78, 5) is 17.4. The first-order valence-electron chi connectivity index (χ1n) is 6.16. The number of halogens is 1. The molecule has 0 aromatic carbocycles. The van der Waals surface area contributed by atoms with Gasteiger partial charge in [0.2, 0.25) is 5.91 Å². The van der Waals surface area contributed by atoms with Gasteiger partial charge in [-0.25, -0.2) is 4.98 Å². The summed E-state index contributed by atoms with van der Waals surface area (Å²) >= 11 is 1.57. The lowest BCUT2D eigenvalue weighted by atomic mass is 10.1. The Labute approximate surface area is 118 Å². The number of anilines is 1. The van der Waals surface area contributed by atoms with E-state index in [0.29, 0.717) is 12.3 Å². The lowest BCUT2D eigenvalue weighted by Gasteiger charge is -2.06. The molecule has 0 bridgehead atoms. The molecular formula is C12H20ClN3OS. The van der Waals surface area contributed by atoms with E-state index >= 15 is 0 Å². The van der Waals surface area contributed by atoms with E-state index in [0.717, 1.165) is 36.8 Å². The van der Waals surface area contributed by atoms with Gasteiger partial charge in [0.1, 0.15) is 0 Å². The van der Waals surface area contributed by atoms with Crippen molar-refractivity contribution in [1.82, 2.24) is 10.3 Å². The van der Waals surface area contributed by atoms with Gasteiger partial charge in [-0.3, -0.25) is 4.79 Å². The quantitative estimate of drug-likeness (QED) is 0.895. The summed E-state index contributed by atoms with van der Waals surface area (Å²) in [6, 6.07) is 0. The minimum atomic E-state index is 0. The van der Waals surface area contributed by atoms with Crippen molar-refractivity contribution in [2.45, 2.75) is 33.1 Å². The minimum Gasteiger partial charge on any atom is -0.316 e. The molecule has 2 N–H and O–H groups in total. The van der Waals surface area contributed by atoms with E-state index in [1.54, 1.807) is 11.3 Å². The molecule has 0 aliphatic carbocycles. The summed E-state index contributed by atoms with van der Waals surface area (Å²) in [6.07, 6.45) is 2.63. The molecule has 1 aliphatic rings. The van der Waals surface area contributed by atoms with Gasteiger partial charge in [0.05, 0.1) is 5.69 Å². The van der Waals surface area contributed by atoms with Crippen LogP contribution in [0.4, 0.5) is 5.13 Å². The fourth-order valence-electron chi connectivity index (χ4n) is 2.13. The molecule has 1 aromatic rings. The lowest BCUT2D eigenvalue weighted by molar-refractivity contribution is -0.116. The molecule has 102 valence electrons. The maximum absolute atomic E-state index is 11.8. The molecule has 1 unspecified atom stereocenters. The number of amides is 1. The highest BCUT2D eigenvalue weighted by atomic mass is 35.5. The first kappa shape index (κ1) is 15.4. The molecule has 1 aliphatic heterocycles. The summed E-state index contributed by atoms with van der Waals surface area (Å²) in [5.41, 5.74) is 1.09. The minimum absolute atomic E-state index is 0. The van der Waals surface area contributed by atoms with Crippen LogP contribution in [0.25, 0.3) is 0 Å². The van der Waals surface area contributed by atoms with Crippen molar-refractivity contribution in [1.29, 1.82) is 0 Å². The smallest absolute Gasteiger partial charge is 0.226 e. The Kier molecular flexibility index (Phi) is 6.05. The highest BCUT2D eigenvalue weighted by Gasteiger charge is 2.18. The van der Waals surface area contributed by atoms with Crippen LogP contribution in [-0.2, 0) is 11.2 Å². The van der Waals surface area contributed by atoms with Gasteiger partial charge in [-0.05, 0) is 38.8 Å². The predicted molar refractivity (Wildman–Crippen MR) is 77.7 cm³/mol. The first-order chi connectivity index (χ1) is 8.19. The number of aromatic nitrogens is 1. The Hall–Kier alpha value is -0.650. The summed E-state index contributed by atoms with van der Waals surface area (Å²) < 4.78 is 0. The fraction of sp³-hybridized carbons (Fsp3) is 0.667. The number of hydrogen-bond acceptors (Lipinski definition) is 4. The summed E-state index contributed by atoms with van der Waals surface area (Å²) in [5.74, 6) is 0.580. The van der Waals surface area contributed by atoms with Gasteiger partial charge < -0.3 is 10.6 Å². The monoisotopic (exact) mass is 289 g/mol. The van der Waals surface area contributed by atoms with Crippen molar-refractivity contribution in [3.05, 3.63) is 10.6 Å². The van der Waals surface area contributed by atoms with E-state index in [4.69, 9.17) is 0 Å². The van der Waals surface area contributed by atoms with Crippen LogP contribution in [-0.4, -0.2) is 24.0 Å². The molecule has 2 heterocycles. The second-order valence-corrected chi connectivity index (χ2v) is 5.69. The van der Waals surface area contributed by atoms with Crippen LogP contribution < -0.4 is 10.6 Å². The average molecular weight is 290 g/mol. The molecule has 6 heteroatoms. The fourth-order valence-corrected chi connectivity index (χ4v) is 3.05. The Morgan fingerprint density at radius 3 is 2.94 bits per heavy atom. The molecule has 1 amide bonds. The summed E-state index contributed by atoms with van der Waals surface area (Å²) in [6.45, 7) is 6.13. The number of hydrogen-bond donors (Lipinski definition) is 2. The first-order valence-corrected chi connectivity index (χ1v) is 6.97. The van der Waals surface area contributed by atoms with Crippen molar-refractivity contribution < 1.29 is 4.79 Å². The van der Waals surface area contributed by atoms with E-state index in [1.165, 1.54) is 4.88 Å². The molecule has 0 radical (unpaired) electrons. The van der Waals surface area contributed by atoms with Crippen LogP contribution in [0.15, 0.2) is 0 Å². The average Bonchev–Trinajstić information content (AvgIpc) is 2.88. The Bertz CT molecular complexity index is 402. The van der Waals surface area contributed by atoms with Gasteiger partial charge in [0, 0.05) is 11.3 Å². The van der Waals surface area contributed by atoms with Gasteiger partial charge in [0.25, 0.3) is 0 Å². The van der Waals surface area contributed by atoms with Crippen molar-refractivity contribution >= 4 is 34.8 Å². The van der Waals surface area contributed by atoms with Gasteiger partial charge in [-0.15, -0.1) is 23.7 Å². The number of nitrogens with one attached hydrogen (secondary N) is 2. The molecule has 1 saturated heterocycles. The normalized spacial score (nSPS) is 18.4. The van der Waals surface area contributed by atoms with E-state index < -0.39 is 0 Å². The van der Waals surface area contributed by atoms with Gasteiger partial charge in [-0.2, -0.15) is 0 Å². The number of nitrogens with zero attached hydrogens (tertiary/aromatic N) is 1. The topological polar surface area (TPSA) is 54.0 Å². The third-order valence-corrected chi connectivity index (χ3v) is 4.04. The number of carbonyl (C=O) groups is 1. The molecule has 1 atom stereocenters. The summed E-state index contributed by atoms with van der Waals surface area (Å²) in [7, 11) is 0. The number of aryl methyl sites for hydroxylation is 2. The number of thiazole rings is 1. The van der Waals surface area contributed by atoms with Crippen LogP contribution in [0.5, 0.6) is 0 Å². The molecule has 2 rings (SSSR count). The van der Waals surface area contributed by atoms with Crippen molar-refractivity contribution in [3.8, 4) is 0 Å².